The summed E-state index contributed by atoms with van der Waals surface area (Å²) in [5, 5.41) is 3.04. The molecule has 0 unspecified atom stereocenters. The maximum atomic E-state index is 5.60. The Labute approximate surface area is 201 Å². The number of thiocarbonyl (C=S) groups is 1. The van der Waals surface area contributed by atoms with E-state index in [9.17, 15) is 0 Å². The van der Waals surface area contributed by atoms with E-state index in [0.29, 0.717) is 6.54 Å². The van der Waals surface area contributed by atoms with E-state index in [1.54, 1.807) is 23.1 Å². The molecule has 0 aliphatic carbocycles. The molecule has 0 fully saturated rings. The van der Waals surface area contributed by atoms with Crippen LogP contribution in [-0.2, 0) is 6.54 Å². The standard InChI is InChI=1S/C25H22N4S3/c1-18-9-11-20(12-10-18)28-16-21(22-8-5-13-31-22)27-25(28)32-17-23-26-14-24(30)29(23)15-19-6-3-2-4-7-19/h2-13,16H,14-15,17H2,1H3. The number of aryl methyl sites for hydroxylation is 1. The van der Waals surface area contributed by atoms with Crippen molar-refractivity contribution in [2.24, 2.45) is 4.99 Å². The number of thioether (sulfide) groups is 1. The van der Waals surface area contributed by atoms with Crippen LogP contribution in [-0.4, -0.2) is 37.6 Å². The zero-order chi connectivity index (χ0) is 21.9. The summed E-state index contributed by atoms with van der Waals surface area (Å²) in [5.74, 6) is 1.74. The van der Waals surface area contributed by atoms with Gasteiger partial charge in [0.1, 0.15) is 10.8 Å². The molecule has 3 heterocycles. The molecule has 0 bridgehead atoms. The highest BCUT2D eigenvalue weighted by molar-refractivity contribution is 7.99. The van der Waals surface area contributed by atoms with Gasteiger partial charge in [0.15, 0.2) is 5.16 Å². The van der Waals surface area contributed by atoms with Crippen LogP contribution in [0.15, 0.2) is 88.5 Å². The summed E-state index contributed by atoms with van der Waals surface area (Å²) in [4.78, 5) is 13.9. The van der Waals surface area contributed by atoms with Gasteiger partial charge in [0.2, 0.25) is 0 Å². The first-order valence-electron chi connectivity index (χ1n) is 10.4. The molecule has 0 amide bonds. The number of aromatic nitrogens is 2. The quantitative estimate of drug-likeness (QED) is 0.234. The topological polar surface area (TPSA) is 33.4 Å². The van der Waals surface area contributed by atoms with E-state index in [1.807, 2.05) is 6.07 Å². The summed E-state index contributed by atoms with van der Waals surface area (Å²) in [6, 6.07) is 23.1. The van der Waals surface area contributed by atoms with Gasteiger partial charge in [-0.3, -0.25) is 9.56 Å². The Hall–Kier alpha value is -2.74. The monoisotopic (exact) mass is 474 g/mol. The van der Waals surface area contributed by atoms with Gasteiger partial charge in [-0.1, -0.05) is 78.1 Å². The maximum absolute atomic E-state index is 5.60. The van der Waals surface area contributed by atoms with Crippen LogP contribution in [0.4, 0.5) is 0 Å². The Kier molecular flexibility index (Phi) is 6.21. The van der Waals surface area contributed by atoms with Crippen molar-refractivity contribution in [3.63, 3.8) is 0 Å². The predicted molar refractivity (Wildman–Crippen MR) is 139 cm³/mol. The van der Waals surface area contributed by atoms with E-state index in [1.165, 1.54) is 16.0 Å². The lowest BCUT2D eigenvalue weighted by atomic mass is 10.2. The number of imidazole rings is 1. The third kappa shape index (κ3) is 4.55. The van der Waals surface area contributed by atoms with Crippen LogP contribution in [0.2, 0.25) is 0 Å². The lowest BCUT2D eigenvalue weighted by Crippen LogP contribution is -2.32. The lowest BCUT2D eigenvalue weighted by molar-refractivity contribution is 0.623. The average Bonchev–Trinajstić information content (AvgIpc) is 3.55. The van der Waals surface area contributed by atoms with Crippen molar-refractivity contribution in [3.05, 3.63) is 89.4 Å². The molecule has 160 valence electrons. The van der Waals surface area contributed by atoms with Crippen molar-refractivity contribution in [2.75, 3.05) is 12.3 Å². The Morgan fingerprint density at radius 1 is 1.03 bits per heavy atom. The second kappa shape index (κ2) is 9.40. The molecule has 1 aliphatic heterocycles. The van der Waals surface area contributed by atoms with Crippen LogP contribution in [0.25, 0.3) is 16.3 Å². The van der Waals surface area contributed by atoms with Crippen molar-refractivity contribution in [3.8, 4) is 16.3 Å². The minimum absolute atomic E-state index is 0.588. The fourth-order valence-electron chi connectivity index (χ4n) is 3.57. The minimum Gasteiger partial charge on any atom is -0.318 e. The highest BCUT2D eigenvalue weighted by atomic mass is 32.2. The molecule has 0 spiro atoms. The van der Waals surface area contributed by atoms with E-state index in [-0.39, 0.29) is 0 Å². The molecule has 0 radical (unpaired) electrons. The SMILES string of the molecule is Cc1ccc(-n2cc(-c3cccs3)nc2SCC2=NCC(=S)N2Cc2ccccc2)cc1. The molecule has 1 aliphatic rings. The van der Waals surface area contributed by atoms with Gasteiger partial charge in [0.25, 0.3) is 0 Å². The Morgan fingerprint density at radius 3 is 2.59 bits per heavy atom. The number of thiophene rings is 1. The van der Waals surface area contributed by atoms with Crippen molar-refractivity contribution in [1.82, 2.24) is 14.5 Å². The van der Waals surface area contributed by atoms with Crippen molar-refractivity contribution in [2.45, 2.75) is 18.6 Å². The van der Waals surface area contributed by atoms with Gasteiger partial charge in [0, 0.05) is 18.4 Å². The molecule has 0 atom stereocenters. The first kappa shape index (κ1) is 21.1. The fraction of sp³-hybridized carbons (Fsp3) is 0.160. The summed E-state index contributed by atoms with van der Waals surface area (Å²) in [5.41, 5.74) is 4.58. The lowest BCUT2D eigenvalue weighted by Gasteiger charge is -2.20. The zero-order valence-corrected chi connectivity index (χ0v) is 20.1. The van der Waals surface area contributed by atoms with Gasteiger partial charge in [-0.2, -0.15) is 0 Å². The first-order valence-corrected chi connectivity index (χ1v) is 12.7. The number of hydrogen-bond donors (Lipinski definition) is 0. The third-order valence-corrected chi connectivity index (χ3v) is 7.47. The normalized spacial score (nSPS) is 13.6. The number of rotatable bonds is 7. The Bertz CT molecular complexity index is 1240. The molecule has 5 rings (SSSR count). The fourth-order valence-corrected chi connectivity index (χ4v) is 5.45. The van der Waals surface area contributed by atoms with E-state index in [2.05, 4.69) is 88.6 Å². The second-order valence-corrected chi connectivity index (χ2v) is 9.94. The van der Waals surface area contributed by atoms with Crippen molar-refractivity contribution < 1.29 is 0 Å². The number of nitrogens with zero attached hydrogens (tertiary/aromatic N) is 4. The van der Waals surface area contributed by atoms with Gasteiger partial charge in [-0.05, 0) is 36.1 Å². The van der Waals surface area contributed by atoms with Gasteiger partial charge in [-0.25, -0.2) is 4.98 Å². The minimum atomic E-state index is 0.588. The van der Waals surface area contributed by atoms with Gasteiger partial charge in [-0.15, -0.1) is 11.3 Å². The molecule has 0 saturated heterocycles. The van der Waals surface area contributed by atoms with Crippen LogP contribution in [0.5, 0.6) is 0 Å². The van der Waals surface area contributed by atoms with Crippen LogP contribution in [0.3, 0.4) is 0 Å². The highest BCUT2D eigenvalue weighted by Gasteiger charge is 2.23. The van der Waals surface area contributed by atoms with Gasteiger partial charge in [0.05, 0.1) is 22.9 Å². The van der Waals surface area contributed by atoms with Gasteiger partial charge < -0.3 is 4.90 Å². The smallest absolute Gasteiger partial charge is 0.173 e. The summed E-state index contributed by atoms with van der Waals surface area (Å²) >= 11 is 9.01. The molecule has 4 aromatic rings. The summed E-state index contributed by atoms with van der Waals surface area (Å²) in [7, 11) is 0. The van der Waals surface area contributed by atoms with E-state index in [4.69, 9.17) is 22.2 Å². The number of benzene rings is 2. The third-order valence-electron chi connectivity index (χ3n) is 5.28. The number of aliphatic imine (C=N–C) groups is 1. The maximum Gasteiger partial charge on any atom is 0.173 e. The molecule has 4 nitrogen and oxygen atoms in total. The highest BCUT2D eigenvalue weighted by Crippen LogP contribution is 2.30. The van der Waals surface area contributed by atoms with Crippen LogP contribution in [0, 0.1) is 6.92 Å². The van der Waals surface area contributed by atoms with Crippen molar-refractivity contribution >= 4 is 46.1 Å². The second-order valence-electron chi connectivity index (χ2n) is 7.58. The van der Waals surface area contributed by atoms with Crippen LogP contribution >= 0.6 is 35.3 Å². The molecule has 7 heteroatoms. The summed E-state index contributed by atoms with van der Waals surface area (Å²) in [6.45, 7) is 3.45. The van der Waals surface area contributed by atoms with Crippen LogP contribution in [0.1, 0.15) is 11.1 Å². The molecular formula is C25H22N4S3. The molecule has 32 heavy (non-hydrogen) atoms. The Morgan fingerprint density at radius 2 is 1.84 bits per heavy atom. The van der Waals surface area contributed by atoms with Gasteiger partial charge >= 0.3 is 0 Å². The molecule has 2 aromatic heterocycles. The van der Waals surface area contributed by atoms with E-state index >= 15 is 0 Å². The largest absolute Gasteiger partial charge is 0.318 e. The number of amidine groups is 1. The molecule has 0 N–H and O–H groups in total. The van der Waals surface area contributed by atoms with Crippen molar-refractivity contribution in [1.29, 1.82) is 0 Å². The Balaban J connectivity index is 1.39. The predicted octanol–water partition coefficient (Wildman–Crippen LogP) is 6.24. The van der Waals surface area contributed by atoms with E-state index in [0.717, 1.165) is 39.7 Å². The molecular weight excluding hydrogens is 453 g/mol. The van der Waals surface area contributed by atoms with Crippen LogP contribution < -0.4 is 0 Å². The van der Waals surface area contributed by atoms with E-state index < -0.39 is 0 Å². The summed E-state index contributed by atoms with van der Waals surface area (Å²) in [6.07, 6.45) is 2.13. The average molecular weight is 475 g/mol. The number of hydrogen-bond acceptors (Lipinski definition) is 5. The summed E-state index contributed by atoms with van der Waals surface area (Å²) < 4.78 is 2.18. The molecule has 2 aromatic carbocycles. The first-order chi connectivity index (χ1) is 15.7. The zero-order valence-electron chi connectivity index (χ0n) is 17.6. The molecule has 0 saturated carbocycles.